The molecule has 0 saturated heterocycles. The highest BCUT2D eigenvalue weighted by molar-refractivity contribution is 5.61. The summed E-state index contributed by atoms with van der Waals surface area (Å²) in [5.74, 6) is 2.67. The third kappa shape index (κ3) is 2.64. The molecule has 0 heteroatoms. The van der Waals surface area contributed by atoms with E-state index in [-0.39, 0.29) is 0 Å². The lowest BCUT2D eigenvalue weighted by atomic mass is 10.0. The van der Waals surface area contributed by atoms with Gasteiger partial charge in [-0.05, 0) is 25.5 Å². The summed E-state index contributed by atoms with van der Waals surface area (Å²) in [6.07, 6.45) is 9.37. The Morgan fingerprint density at radius 3 is 2.79 bits per heavy atom. The number of aryl methyl sites for hydroxylation is 1. The van der Waals surface area contributed by atoms with E-state index in [4.69, 9.17) is 6.42 Å². The maximum atomic E-state index is 5.40. The van der Waals surface area contributed by atoms with Gasteiger partial charge in [-0.1, -0.05) is 47.9 Å². The van der Waals surface area contributed by atoms with Crippen LogP contribution in [0.1, 0.15) is 23.6 Å². The van der Waals surface area contributed by atoms with Gasteiger partial charge in [0.15, 0.2) is 0 Å². The lowest BCUT2D eigenvalue weighted by molar-refractivity contribution is 1.44. The summed E-state index contributed by atoms with van der Waals surface area (Å²) in [6, 6.07) is 6.06. The molecule has 70 valence electrons. The molecule has 0 amide bonds. The van der Waals surface area contributed by atoms with Crippen LogP contribution < -0.4 is 0 Å². The zero-order valence-corrected chi connectivity index (χ0v) is 8.67. The lowest BCUT2D eigenvalue weighted by Crippen LogP contribution is -1.83. The molecule has 0 N–H and O–H groups in total. The van der Waals surface area contributed by atoms with E-state index in [0.29, 0.717) is 0 Å². The molecule has 0 aliphatic rings. The summed E-state index contributed by atoms with van der Waals surface area (Å²) in [5.41, 5.74) is 4.24. The molecular weight excluding hydrogens is 168 g/mol. The van der Waals surface area contributed by atoms with E-state index in [1.807, 2.05) is 31.2 Å². The first-order chi connectivity index (χ1) is 6.63. The van der Waals surface area contributed by atoms with Gasteiger partial charge in [0, 0.05) is 5.56 Å². The highest BCUT2D eigenvalue weighted by atomic mass is 14.0. The molecule has 0 fully saturated rings. The van der Waals surface area contributed by atoms with Gasteiger partial charge in [0.05, 0.1) is 0 Å². The first-order valence-corrected chi connectivity index (χ1v) is 4.54. The van der Waals surface area contributed by atoms with Gasteiger partial charge in [0.25, 0.3) is 0 Å². The van der Waals surface area contributed by atoms with E-state index in [0.717, 1.165) is 16.7 Å². The number of rotatable bonds is 2. The van der Waals surface area contributed by atoms with Crippen LogP contribution >= 0.6 is 0 Å². The fourth-order valence-corrected chi connectivity index (χ4v) is 1.18. The molecule has 0 radical (unpaired) electrons. The maximum Gasteiger partial charge on any atom is 0.0315 e. The second-order valence-electron chi connectivity index (χ2n) is 3.41. The van der Waals surface area contributed by atoms with Gasteiger partial charge in [-0.15, -0.1) is 6.42 Å². The summed E-state index contributed by atoms with van der Waals surface area (Å²) in [7, 11) is 0. The number of terminal acetylenes is 1. The van der Waals surface area contributed by atoms with Crippen LogP contribution in [0.25, 0.3) is 6.08 Å². The average Bonchev–Trinajstić information content (AvgIpc) is 2.15. The van der Waals surface area contributed by atoms with Crippen LogP contribution in [0, 0.1) is 19.3 Å². The Labute approximate surface area is 86.0 Å². The van der Waals surface area contributed by atoms with Gasteiger partial charge >= 0.3 is 0 Å². The van der Waals surface area contributed by atoms with Crippen molar-refractivity contribution in [1.82, 2.24) is 0 Å². The van der Waals surface area contributed by atoms with E-state index in [1.165, 1.54) is 5.56 Å². The van der Waals surface area contributed by atoms with Gasteiger partial charge < -0.3 is 0 Å². The first-order valence-electron chi connectivity index (χ1n) is 4.54. The van der Waals surface area contributed by atoms with Crippen molar-refractivity contribution in [2.24, 2.45) is 0 Å². The zero-order chi connectivity index (χ0) is 10.6. The minimum Gasteiger partial charge on any atom is -0.115 e. The molecule has 1 aromatic rings. The van der Waals surface area contributed by atoms with Crippen LogP contribution in [-0.2, 0) is 0 Å². The maximum absolute atomic E-state index is 5.40. The standard InChI is InChI=1S/C14H14/c1-5-13-9-7-12(4)10-14(13)8-6-11(2)3/h1,6-10H,2H2,3-4H3/b8-6-. The van der Waals surface area contributed by atoms with Gasteiger partial charge in [-0.2, -0.15) is 0 Å². The van der Waals surface area contributed by atoms with Crippen LogP contribution in [0.4, 0.5) is 0 Å². The fourth-order valence-electron chi connectivity index (χ4n) is 1.18. The van der Waals surface area contributed by atoms with Crippen molar-refractivity contribution >= 4 is 6.08 Å². The van der Waals surface area contributed by atoms with E-state index in [1.54, 1.807) is 0 Å². The summed E-state index contributed by atoms with van der Waals surface area (Å²) in [5, 5.41) is 0. The largest absolute Gasteiger partial charge is 0.115 e. The lowest BCUT2D eigenvalue weighted by Gasteiger charge is -2.00. The Morgan fingerprint density at radius 2 is 2.21 bits per heavy atom. The SMILES string of the molecule is C#Cc1ccc(C)cc1/C=C\C(=C)C. The van der Waals surface area contributed by atoms with Gasteiger partial charge in [-0.3, -0.25) is 0 Å². The van der Waals surface area contributed by atoms with Crippen molar-refractivity contribution in [3.05, 3.63) is 53.1 Å². The Kier molecular flexibility index (Phi) is 3.31. The second kappa shape index (κ2) is 4.48. The number of allylic oxidation sites excluding steroid dienone is 2. The van der Waals surface area contributed by atoms with Crippen molar-refractivity contribution in [3.8, 4) is 12.3 Å². The summed E-state index contributed by atoms with van der Waals surface area (Å²) in [4.78, 5) is 0. The molecular formula is C14H14. The summed E-state index contributed by atoms with van der Waals surface area (Å²) < 4.78 is 0. The predicted molar refractivity (Wildman–Crippen MR) is 63.0 cm³/mol. The highest BCUT2D eigenvalue weighted by Gasteiger charge is 1.95. The third-order valence-electron chi connectivity index (χ3n) is 1.91. The molecule has 0 saturated carbocycles. The molecule has 0 aliphatic carbocycles. The first kappa shape index (κ1) is 10.3. The molecule has 0 spiro atoms. The summed E-state index contributed by atoms with van der Waals surface area (Å²) in [6.45, 7) is 7.82. The Balaban J connectivity index is 3.13. The number of hydrogen-bond donors (Lipinski definition) is 0. The van der Waals surface area contributed by atoms with Crippen LogP contribution in [0.3, 0.4) is 0 Å². The van der Waals surface area contributed by atoms with Crippen molar-refractivity contribution in [1.29, 1.82) is 0 Å². The van der Waals surface area contributed by atoms with Gasteiger partial charge in [0.2, 0.25) is 0 Å². The number of benzene rings is 1. The van der Waals surface area contributed by atoms with Crippen LogP contribution in [0.2, 0.25) is 0 Å². The number of hydrogen-bond acceptors (Lipinski definition) is 0. The second-order valence-corrected chi connectivity index (χ2v) is 3.41. The predicted octanol–water partition coefficient (Wildman–Crippen LogP) is 3.57. The third-order valence-corrected chi connectivity index (χ3v) is 1.91. The molecule has 0 unspecified atom stereocenters. The fraction of sp³-hybridized carbons (Fsp3) is 0.143. The van der Waals surface area contributed by atoms with Crippen LogP contribution in [0.15, 0.2) is 36.4 Å². The Bertz CT molecular complexity index is 414. The Morgan fingerprint density at radius 1 is 1.50 bits per heavy atom. The topological polar surface area (TPSA) is 0 Å². The van der Waals surface area contributed by atoms with Crippen molar-refractivity contribution < 1.29 is 0 Å². The highest BCUT2D eigenvalue weighted by Crippen LogP contribution is 2.13. The van der Waals surface area contributed by atoms with Crippen molar-refractivity contribution in [3.63, 3.8) is 0 Å². The van der Waals surface area contributed by atoms with E-state index < -0.39 is 0 Å². The van der Waals surface area contributed by atoms with Crippen molar-refractivity contribution in [2.45, 2.75) is 13.8 Å². The van der Waals surface area contributed by atoms with Crippen LogP contribution in [-0.4, -0.2) is 0 Å². The van der Waals surface area contributed by atoms with E-state index >= 15 is 0 Å². The molecule has 0 bridgehead atoms. The molecule has 0 heterocycles. The molecule has 0 aliphatic heterocycles. The molecule has 0 aromatic heterocycles. The molecule has 0 atom stereocenters. The smallest absolute Gasteiger partial charge is 0.0315 e. The van der Waals surface area contributed by atoms with Gasteiger partial charge in [0.1, 0.15) is 0 Å². The average molecular weight is 182 g/mol. The zero-order valence-electron chi connectivity index (χ0n) is 8.67. The molecule has 0 nitrogen and oxygen atoms in total. The van der Waals surface area contributed by atoms with E-state index in [2.05, 4.69) is 25.5 Å². The Hall–Kier alpha value is -1.74. The quantitative estimate of drug-likeness (QED) is 0.484. The van der Waals surface area contributed by atoms with Gasteiger partial charge in [-0.25, -0.2) is 0 Å². The molecule has 14 heavy (non-hydrogen) atoms. The summed E-state index contributed by atoms with van der Waals surface area (Å²) >= 11 is 0. The normalized spacial score (nSPS) is 10.1. The monoisotopic (exact) mass is 182 g/mol. The molecule has 1 aromatic carbocycles. The van der Waals surface area contributed by atoms with E-state index in [9.17, 15) is 0 Å². The van der Waals surface area contributed by atoms with Crippen LogP contribution in [0.5, 0.6) is 0 Å². The van der Waals surface area contributed by atoms with Crippen molar-refractivity contribution in [2.75, 3.05) is 0 Å². The minimum absolute atomic E-state index is 0.924. The minimum atomic E-state index is 0.924. The molecule has 1 rings (SSSR count).